The molecule has 2 aliphatic heterocycles. The number of likely N-dealkylation sites (tertiary alicyclic amines) is 1. The number of aromatic nitrogens is 1. The standard InChI is InChI=1S/C22H28N4O5S/c1-31-18-8-6-17(7-9-18)24-21(27)16-5-4-12-26(15-16)32(29,30)19-13-20(23-14-19)22(28)25-10-2-3-11-25/h6-9,13-14,16,23H,2-5,10-12,15H2,1H3,(H,24,27)/t16-/m0/s1. The highest BCUT2D eigenvalue weighted by molar-refractivity contribution is 7.89. The zero-order valence-corrected chi connectivity index (χ0v) is 18.9. The Bertz CT molecular complexity index is 1070. The van der Waals surface area contributed by atoms with Crippen LogP contribution in [0.5, 0.6) is 5.75 Å². The van der Waals surface area contributed by atoms with E-state index in [1.807, 2.05) is 0 Å². The lowest BCUT2D eigenvalue weighted by molar-refractivity contribution is -0.120. The van der Waals surface area contributed by atoms with Crippen molar-refractivity contribution >= 4 is 27.5 Å². The van der Waals surface area contributed by atoms with Crippen LogP contribution in [0.15, 0.2) is 41.4 Å². The highest BCUT2D eigenvalue weighted by Gasteiger charge is 2.34. The maximum atomic E-state index is 13.2. The zero-order chi connectivity index (χ0) is 22.7. The molecule has 0 spiro atoms. The van der Waals surface area contributed by atoms with Crippen molar-refractivity contribution in [1.29, 1.82) is 0 Å². The summed E-state index contributed by atoms with van der Waals surface area (Å²) in [7, 11) is -2.24. The van der Waals surface area contributed by atoms with Crippen molar-refractivity contribution < 1.29 is 22.7 Å². The Morgan fingerprint density at radius 2 is 1.81 bits per heavy atom. The molecule has 1 aromatic carbocycles. The van der Waals surface area contributed by atoms with Gasteiger partial charge in [0.2, 0.25) is 15.9 Å². The third-order valence-electron chi connectivity index (χ3n) is 6.03. The van der Waals surface area contributed by atoms with Gasteiger partial charge in [-0.15, -0.1) is 0 Å². The maximum absolute atomic E-state index is 13.2. The van der Waals surface area contributed by atoms with Crippen LogP contribution in [-0.4, -0.2) is 67.7 Å². The van der Waals surface area contributed by atoms with Crippen molar-refractivity contribution in [3.05, 3.63) is 42.2 Å². The Kier molecular flexibility index (Phi) is 6.52. The molecule has 0 aliphatic carbocycles. The molecular weight excluding hydrogens is 432 g/mol. The van der Waals surface area contributed by atoms with Gasteiger partial charge in [-0.05, 0) is 56.0 Å². The number of anilines is 1. The number of sulfonamides is 1. The van der Waals surface area contributed by atoms with E-state index in [1.54, 1.807) is 36.3 Å². The van der Waals surface area contributed by atoms with Gasteiger partial charge in [-0.2, -0.15) is 4.31 Å². The first-order valence-corrected chi connectivity index (χ1v) is 12.3. The van der Waals surface area contributed by atoms with Gasteiger partial charge in [0, 0.05) is 38.1 Å². The molecule has 9 nitrogen and oxygen atoms in total. The summed E-state index contributed by atoms with van der Waals surface area (Å²) < 4.78 is 32.8. The fourth-order valence-corrected chi connectivity index (χ4v) is 5.70. The maximum Gasteiger partial charge on any atom is 0.270 e. The van der Waals surface area contributed by atoms with Crippen LogP contribution < -0.4 is 10.1 Å². The SMILES string of the molecule is COc1ccc(NC(=O)[C@H]2CCCN(S(=O)(=O)c3c[nH]c(C(=O)N4CCCC4)c3)C2)cc1. The van der Waals surface area contributed by atoms with Crippen LogP contribution in [0, 0.1) is 5.92 Å². The molecule has 2 aromatic rings. The van der Waals surface area contributed by atoms with Gasteiger partial charge in [0.15, 0.2) is 0 Å². The summed E-state index contributed by atoms with van der Waals surface area (Å²) >= 11 is 0. The number of H-pyrrole nitrogens is 1. The van der Waals surface area contributed by atoms with E-state index in [-0.39, 0.29) is 28.9 Å². The molecule has 0 unspecified atom stereocenters. The molecule has 1 atom stereocenters. The van der Waals surface area contributed by atoms with Crippen molar-refractivity contribution in [3.63, 3.8) is 0 Å². The van der Waals surface area contributed by atoms with Crippen LogP contribution in [-0.2, 0) is 14.8 Å². The van der Waals surface area contributed by atoms with Crippen LogP contribution in [0.1, 0.15) is 36.2 Å². The van der Waals surface area contributed by atoms with Crippen LogP contribution in [0.3, 0.4) is 0 Å². The lowest BCUT2D eigenvalue weighted by Crippen LogP contribution is -2.43. The van der Waals surface area contributed by atoms with Crippen molar-refractivity contribution in [2.45, 2.75) is 30.6 Å². The number of nitrogens with one attached hydrogen (secondary N) is 2. The largest absolute Gasteiger partial charge is 0.497 e. The van der Waals surface area contributed by atoms with Gasteiger partial charge in [0.05, 0.1) is 13.0 Å². The molecule has 2 fully saturated rings. The number of piperidine rings is 1. The average Bonchev–Trinajstić information content (AvgIpc) is 3.52. The minimum absolute atomic E-state index is 0.0521. The predicted molar refractivity (Wildman–Crippen MR) is 119 cm³/mol. The second kappa shape index (κ2) is 9.33. The second-order valence-corrected chi connectivity index (χ2v) is 10.1. The number of benzene rings is 1. The van der Waals surface area contributed by atoms with Crippen LogP contribution in [0.4, 0.5) is 5.69 Å². The molecule has 1 aromatic heterocycles. The first-order valence-electron chi connectivity index (χ1n) is 10.8. The fourth-order valence-electron chi connectivity index (χ4n) is 4.18. The molecule has 4 rings (SSSR count). The van der Waals surface area contributed by atoms with Crippen molar-refractivity contribution in [2.75, 3.05) is 38.6 Å². The molecular formula is C22H28N4O5S. The molecule has 2 aliphatic rings. The number of ether oxygens (including phenoxy) is 1. The quantitative estimate of drug-likeness (QED) is 0.687. The topological polar surface area (TPSA) is 112 Å². The minimum Gasteiger partial charge on any atom is -0.497 e. The Labute approximate surface area is 187 Å². The van der Waals surface area contributed by atoms with Crippen LogP contribution in [0.2, 0.25) is 0 Å². The molecule has 2 N–H and O–H groups in total. The third kappa shape index (κ3) is 4.66. The normalized spacial score (nSPS) is 19.7. The summed E-state index contributed by atoms with van der Waals surface area (Å²) in [6, 6.07) is 8.39. The van der Waals surface area contributed by atoms with Crippen molar-refractivity contribution in [3.8, 4) is 5.75 Å². The number of carbonyl (C=O) groups excluding carboxylic acids is 2. The van der Waals surface area contributed by atoms with Gasteiger partial charge in [0.1, 0.15) is 16.3 Å². The lowest BCUT2D eigenvalue weighted by atomic mass is 9.99. The molecule has 3 heterocycles. The Balaban J connectivity index is 1.42. The zero-order valence-electron chi connectivity index (χ0n) is 18.0. The number of nitrogens with zero attached hydrogens (tertiary/aromatic N) is 2. The Morgan fingerprint density at radius 1 is 1.09 bits per heavy atom. The fraction of sp³-hybridized carbons (Fsp3) is 0.455. The van der Waals surface area contributed by atoms with Crippen molar-refractivity contribution in [1.82, 2.24) is 14.2 Å². The first-order chi connectivity index (χ1) is 15.4. The summed E-state index contributed by atoms with van der Waals surface area (Å²) in [6.07, 6.45) is 4.49. The van der Waals surface area contributed by atoms with E-state index in [4.69, 9.17) is 4.74 Å². The van der Waals surface area contributed by atoms with Gasteiger partial charge in [0.25, 0.3) is 5.91 Å². The number of hydrogen-bond acceptors (Lipinski definition) is 5. The van der Waals surface area contributed by atoms with Gasteiger partial charge < -0.3 is 19.9 Å². The van der Waals surface area contributed by atoms with E-state index in [0.29, 0.717) is 43.9 Å². The van der Waals surface area contributed by atoms with E-state index < -0.39 is 15.9 Å². The monoisotopic (exact) mass is 460 g/mol. The molecule has 0 saturated carbocycles. The summed E-state index contributed by atoms with van der Waals surface area (Å²) in [4.78, 5) is 29.9. The molecule has 172 valence electrons. The first kappa shape index (κ1) is 22.3. The average molecular weight is 461 g/mol. The number of amides is 2. The van der Waals surface area contributed by atoms with E-state index in [9.17, 15) is 18.0 Å². The lowest BCUT2D eigenvalue weighted by Gasteiger charge is -2.31. The number of aromatic amines is 1. The summed E-state index contributed by atoms with van der Waals surface area (Å²) in [5, 5.41) is 2.85. The van der Waals surface area contributed by atoms with E-state index in [0.717, 1.165) is 12.8 Å². The van der Waals surface area contributed by atoms with Crippen molar-refractivity contribution in [2.24, 2.45) is 5.92 Å². The minimum atomic E-state index is -3.81. The van der Waals surface area contributed by atoms with Crippen LogP contribution in [0.25, 0.3) is 0 Å². The van der Waals surface area contributed by atoms with Gasteiger partial charge in [-0.25, -0.2) is 8.42 Å². The van der Waals surface area contributed by atoms with E-state index in [2.05, 4.69) is 10.3 Å². The number of hydrogen-bond donors (Lipinski definition) is 2. The Morgan fingerprint density at radius 3 is 2.50 bits per heavy atom. The van der Waals surface area contributed by atoms with Gasteiger partial charge in [-0.1, -0.05) is 0 Å². The predicted octanol–water partition coefficient (Wildman–Crippen LogP) is 2.30. The molecule has 10 heteroatoms. The highest BCUT2D eigenvalue weighted by atomic mass is 32.2. The molecule has 0 bridgehead atoms. The molecule has 2 saturated heterocycles. The third-order valence-corrected chi connectivity index (χ3v) is 7.87. The van der Waals surface area contributed by atoms with Gasteiger partial charge in [-0.3, -0.25) is 9.59 Å². The van der Waals surface area contributed by atoms with E-state index >= 15 is 0 Å². The number of carbonyl (C=O) groups is 2. The van der Waals surface area contributed by atoms with Gasteiger partial charge >= 0.3 is 0 Å². The molecule has 2 amide bonds. The van der Waals surface area contributed by atoms with E-state index in [1.165, 1.54) is 16.6 Å². The second-order valence-electron chi connectivity index (χ2n) is 8.17. The summed E-state index contributed by atoms with van der Waals surface area (Å²) in [5.41, 5.74) is 0.905. The number of methoxy groups -OCH3 is 1. The summed E-state index contributed by atoms with van der Waals surface area (Å²) in [6.45, 7) is 1.83. The summed E-state index contributed by atoms with van der Waals surface area (Å²) in [5.74, 6) is -0.161. The molecule has 32 heavy (non-hydrogen) atoms. The number of rotatable bonds is 6. The highest BCUT2D eigenvalue weighted by Crippen LogP contribution is 2.26. The van der Waals surface area contributed by atoms with Crippen LogP contribution >= 0.6 is 0 Å². The molecule has 0 radical (unpaired) electrons. The Hall–Kier alpha value is -2.85. The smallest absolute Gasteiger partial charge is 0.270 e.